The van der Waals surface area contributed by atoms with Crippen LogP contribution >= 0.6 is 0 Å². The lowest BCUT2D eigenvalue weighted by atomic mass is 9.78. The summed E-state index contributed by atoms with van der Waals surface area (Å²) in [4.78, 5) is 46.0. The standard InChI is InChI=1S/C10H12N2O5/c1-3-5(8(14)11-7(3)13)6-4(2)9(15)12(17)10(6)16/h3-6,17H,1-2H3,(H,11,13,14). The van der Waals surface area contributed by atoms with Crippen molar-refractivity contribution in [1.29, 1.82) is 0 Å². The Labute approximate surface area is 96.7 Å². The van der Waals surface area contributed by atoms with Crippen LogP contribution in [0, 0.1) is 23.7 Å². The minimum absolute atomic E-state index is 0.0398. The van der Waals surface area contributed by atoms with E-state index >= 15 is 0 Å². The van der Waals surface area contributed by atoms with Crippen LogP contribution in [0.3, 0.4) is 0 Å². The first-order valence-electron chi connectivity index (χ1n) is 5.27. The van der Waals surface area contributed by atoms with E-state index in [-0.39, 0.29) is 5.06 Å². The Bertz CT molecular complexity index is 432. The smallest absolute Gasteiger partial charge is 0.258 e. The van der Waals surface area contributed by atoms with Crippen molar-refractivity contribution in [2.24, 2.45) is 23.7 Å². The van der Waals surface area contributed by atoms with Gasteiger partial charge in [0.05, 0.1) is 17.8 Å². The van der Waals surface area contributed by atoms with E-state index in [1.54, 1.807) is 0 Å². The molecule has 17 heavy (non-hydrogen) atoms. The average molecular weight is 240 g/mol. The monoisotopic (exact) mass is 240 g/mol. The van der Waals surface area contributed by atoms with Gasteiger partial charge in [0.25, 0.3) is 11.8 Å². The van der Waals surface area contributed by atoms with Crippen molar-refractivity contribution in [3.8, 4) is 0 Å². The van der Waals surface area contributed by atoms with E-state index in [1.165, 1.54) is 13.8 Å². The molecule has 0 aromatic carbocycles. The lowest BCUT2D eigenvalue weighted by Gasteiger charge is -2.18. The van der Waals surface area contributed by atoms with Crippen molar-refractivity contribution in [2.75, 3.05) is 0 Å². The Kier molecular flexibility index (Phi) is 2.50. The fourth-order valence-electron chi connectivity index (χ4n) is 2.46. The molecule has 2 aliphatic rings. The van der Waals surface area contributed by atoms with Crippen molar-refractivity contribution in [2.45, 2.75) is 13.8 Å². The number of nitrogens with one attached hydrogen (secondary N) is 1. The van der Waals surface area contributed by atoms with Crippen LogP contribution in [0.25, 0.3) is 0 Å². The molecule has 2 N–H and O–H groups in total. The summed E-state index contributed by atoms with van der Waals surface area (Å²) in [6, 6.07) is 0. The van der Waals surface area contributed by atoms with Crippen molar-refractivity contribution >= 4 is 23.6 Å². The highest BCUT2D eigenvalue weighted by molar-refractivity contribution is 6.10. The maximum atomic E-state index is 11.7. The molecule has 4 atom stereocenters. The number of imide groups is 2. The molecule has 2 saturated heterocycles. The summed E-state index contributed by atoms with van der Waals surface area (Å²) in [5, 5.41) is 11.4. The highest BCUT2D eigenvalue weighted by Crippen LogP contribution is 2.37. The summed E-state index contributed by atoms with van der Waals surface area (Å²) in [5.74, 6) is -5.88. The SMILES string of the molecule is CC1C(=O)NC(=O)C1C1C(=O)N(O)C(=O)C1C. The van der Waals surface area contributed by atoms with Gasteiger partial charge in [-0.25, -0.2) is 0 Å². The number of hydrogen-bond acceptors (Lipinski definition) is 5. The molecule has 4 unspecified atom stereocenters. The summed E-state index contributed by atoms with van der Waals surface area (Å²) < 4.78 is 0. The van der Waals surface area contributed by atoms with Gasteiger partial charge in [0.15, 0.2) is 0 Å². The average Bonchev–Trinajstić information content (AvgIpc) is 2.61. The van der Waals surface area contributed by atoms with Gasteiger partial charge in [0.1, 0.15) is 0 Å². The first kappa shape index (κ1) is 11.7. The quantitative estimate of drug-likeness (QED) is 0.447. The van der Waals surface area contributed by atoms with Crippen molar-refractivity contribution < 1.29 is 24.4 Å². The summed E-state index contributed by atoms with van der Waals surface area (Å²) in [6.45, 7) is 2.99. The molecule has 0 spiro atoms. The predicted molar refractivity (Wildman–Crippen MR) is 52.1 cm³/mol. The predicted octanol–water partition coefficient (Wildman–Crippen LogP) is -1.09. The van der Waals surface area contributed by atoms with Crippen molar-refractivity contribution in [3.63, 3.8) is 0 Å². The van der Waals surface area contributed by atoms with Gasteiger partial charge in [0, 0.05) is 5.92 Å². The van der Waals surface area contributed by atoms with E-state index in [0.29, 0.717) is 0 Å². The van der Waals surface area contributed by atoms with Crippen LogP contribution in [0.15, 0.2) is 0 Å². The van der Waals surface area contributed by atoms with Gasteiger partial charge in [0.2, 0.25) is 11.8 Å². The van der Waals surface area contributed by atoms with Gasteiger partial charge in [-0.15, -0.1) is 0 Å². The summed E-state index contributed by atoms with van der Waals surface area (Å²) in [5.41, 5.74) is 0. The van der Waals surface area contributed by atoms with Gasteiger partial charge in [-0.3, -0.25) is 29.7 Å². The fraction of sp³-hybridized carbons (Fsp3) is 0.600. The van der Waals surface area contributed by atoms with Gasteiger partial charge < -0.3 is 0 Å². The van der Waals surface area contributed by atoms with Crippen LogP contribution in [0.1, 0.15) is 13.8 Å². The van der Waals surface area contributed by atoms with Gasteiger partial charge >= 0.3 is 0 Å². The first-order chi connectivity index (χ1) is 7.86. The van der Waals surface area contributed by atoms with Crippen LogP contribution in [-0.4, -0.2) is 33.9 Å². The molecular weight excluding hydrogens is 228 g/mol. The van der Waals surface area contributed by atoms with Crippen LogP contribution in [0.4, 0.5) is 0 Å². The molecule has 0 aromatic heterocycles. The summed E-state index contributed by atoms with van der Waals surface area (Å²) in [7, 11) is 0. The zero-order valence-electron chi connectivity index (χ0n) is 9.34. The summed E-state index contributed by atoms with van der Waals surface area (Å²) >= 11 is 0. The number of hydroxylamine groups is 2. The third-order valence-corrected chi connectivity index (χ3v) is 3.52. The second kappa shape index (κ2) is 3.63. The molecule has 92 valence electrons. The lowest BCUT2D eigenvalue weighted by Crippen LogP contribution is -2.34. The van der Waals surface area contributed by atoms with Crippen LogP contribution in [0.2, 0.25) is 0 Å². The molecule has 0 aliphatic carbocycles. The minimum Gasteiger partial charge on any atom is -0.296 e. The Balaban J connectivity index is 2.35. The van der Waals surface area contributed by atoms with Crippen molar-refractivity contribution in [3.05, 3.63) is 0 Å². The number of carbonyl (C=O) groups excluding carboxylic acids is 4. The molecular formula is C10H12N2O5. The number of amides is 4. The van der Waals surface area contributed by atoms with Gasteiger partial charge in [-0.05, 0) is 0 Å². The Hall–Kier alpha value is -1.76. The van der Waals surface area contributed by atoms with E-state index in [0.717, 1.165) is 0 Å². The van der Waals surface area contributed by atoms with E-state index in [4.69, 9.17) is 0 Å². The van der Waals surface area contributed by atoms with Gasteiger partial charge in [-0.2, -0.15) is 5.06 Å². The minimum atomic E-state index is -0.964. The maximum absolute atomic E-state index is 11.7. The molecule has 2 aliphatic heterocycles. The molecule has 2 fully saturated rings. The van der Waals surface area contributed by atoms with Crippen LogP contribution in [0.5, 0.6) is 0 Å². The largest absolute Gasteiger partial charge is 0.296 e. The van der Waals surface area contributed by atoms with Gasteiger partial charge in [-0.1, -0.05) is 13.8 Å². The molecule has 0 bridgehead atoms. The molecule has 7 heteroatoms. The van der Waals surface area contributed by atoms with E-state index in [9.17, 15) is 24.4 Å². The number of hydrogen-bond donors (Lipinski definition) is 2. The zero-order chi connectivity index (χ0) is 12.9. The molecule has 2 heterocycles. The Morgan fingerprint density at radius 2 is 1.53 bits per heavy atom. The molecule has 0 saturated carbocycles. The Morgan fingerprint density at radius 3 is 1.88 bits per heavy atom. The van der Waals surface area contributed by atoms with E-state index in [1.807, 2.05) is 0 Å². The molecule has 4 amide bonds. The fourth-order valence-corrected chi connectivity index (χ4v) is 2.46. The van der Waals surface area contributed by atoms with E-state index in [2.05, 4.69) is 5.32 Å². The lowest BCUT2D eigenvalue weighted by molar-refractivity contribution is -0.173. The number of nitrogens with zero attached hydrogens (tertiary/aromatic N) is 1. The topological polar surface area (TPSA) is 104 Å². The Morgan fingerprint density at radius 1 is 0.941 bits per heavy atom. The zero-order valence-corrected chi connectivity index (χ0v) is 9.34. The van der Waals surface area contributed by atoms with Crippen LogP contribution in [-0.2, 0) is 19.2 Å². The molecule has 0 aromatic rings. The second-order valence-electron chi connectivity index (χ2n) is 4.47. The molecule has 7 nitrogen and oxygen atoms in total. The normalized spacial score (nSPS) is 37.9. The third kappa shape index (κ3) is 1.46. The highest BCUT2D eigenvalue weighted by atomic mass is 16.5. The molecule has 0 radical (unpaired) electrons. The third-order valence-electron chi connectivity index (χ3n) is 3.52. The van der Waals surface area contributed by atoms with E-state index < -0.39 is 47.3 Å². The summed E-state index contributed by atoms with van der Waals surface area (Å²) in [6.07, 6.45) is 0. The number of carbonyl (C=O) groups is 4. The van der Waals surface area contributed by atoms with Crippen molar-refractivity contribution in [1.82, 2.24) is 10.4 Å². The first-order valence-corrected chi connectivity index (χ1v) is 5.27. The molecule has 2 rings (SSSR count). The second-order valence-corrected chi connectivity index (χ2v) is 4.47. The number of rotatable bonds is 1. The maximum Gasteiger partial charge on any atom is 0.258 e. The van der Waals surface area contributed by atoms with Crippen LogP contribution < -0.4 is 5.32 Å². The highest BCUT2D eigenvalue weighted by Gasteiger charge is 2.55.